The average Bonchev–Trinajstić information content (AvgIpc) is 2.67. The SMILES string of the molecule is COc1ccc(CCC(=O)CCCOCc2ccc(OC)cc2)cc1. The minimum atomic E-state index is 0.281. The molecule has 0 bridgehead atoms. The van der Waals surface area contributed by atoms with Gasteiger partial charge >= 0.3 is 0 Å². The Balaban J connectivity index is 1.56. The van der Waals surface area contributed by atoms with E-state index in [2.05, 4.69) is 0 Å². The summed E-state index contributed by atoms with van der Waals surface area (Å²) in [6, 6.07) is 15.7. The molecule has 4 heteroatoms. The molecule has 2 rings (SSSR count). The fourth-order valence-electron chi connectivity index (χ4n) is 2.48. The number of ketones is 1. The predicted molar refractivity (Wildman–Crippen MR) is 98.2 cm³/mol. The molecule has 0 amide bonds. The highest BCUT2D eigenvalue weighted by Gasteiger charge is 2.04. The summed E-state index contributed by atoms with van der Waals surface area (Å²) in [5.74, 6) is 1.96. The van der Waals surface area contributed by atoms with Crippen LogP contribution in [0.2, 0.25) is 0 Å². The Kier molecular flexibility index (Phi) is 7.99. The lowest BCUT2D eigenvalue weighted by atomic mass is 10.1. The third kappa shape index (κ3) is 6.98. The predicted octanol–water partition coefficient (Wildman–Crippen LogP) is 4.20. The van der Waals surface area contributed by atoms with E-state index in [1.165, 1.54) is 0 Å². The van der Waals surface area contributed by atoms with E-state index in [4.69, 9.17) is 14.2 Å². The van der Waals surface area contributed by atoms with Gasteiger partial charge in [-0.3, -0.25) is 4.79 Å². The summed E-state index contributed by atoms with van der Waals surface area (Å²) in [6.45, 7) is 1.16. The molecule has 0 radical (unpaired) electrons. The van der Waals surface area contributed by atoms with Crippen molar-refractivity contribution in [2.24, 2.45) is 0 Å². The monoisotopic (exact) mass is 342 g/mol. The van der Waals surface area contributed by atoms with Crippen LogP contribution in [-0.4, -0.2) is 26.6 Å². The number of carbonyl (C=O) groups excluding carboxylic acids is 1. The summed E-state index contributed by atoms with van der Waals surface area (Å²) < 4.78 is 15.9. The van der Waals surface area contributed by atoms with Gasteiger partial charge in [-0.15, -0.1) is 0 Å². The number of benzene rings is 2. The summed E-state index contributed by atoms with van der Waals surface area (Å²) in [5, 5.41) is 0. The number of hydrogen-bond acceptors (Lipinski definition) is 4. The molecular weight excluding hydrogens is 316 g/mol. The van der Waals surface area contributed by atoms with Crippen LogP contribution >= 0.6 is 0 Å². The second-order valence-corrected chi connectivity index (χ2v) is 5.89. The van der Waals surface area contributed by atoms with E-state index in [0.717, 1.165) is 35.5 Å². The van der Waals surface area contributed by atoms with Crippen molar-refractivity contribution in [3.05, 3.63) is 59.7 Å². The number of methoxy groups -OCH3 is 2. The van der Waals surface area contributed by atoms with E-state index in [9.17, 15) is 4.79 Å². The van der Waals surface area contributed by atoms with Gasteiger partial charge in [-0.25, -0.2) is 0 Å². The highest BCUT2D eigenvalue weighted by molar-refractivity contribution is 5.78. The average molecular weight is 342 g/mol. The molecule has 0 unspecified atom stereocenters. The standard InChI is InChI=1S/C21H26O4/c1-23-20-11-6-17(7-12-20)5-10-19(22)4-3-15-25-16-18-8-13-21(24-2)14-9-18/h6-9,11-14H,3-5,10,15-16H2,1-2H3. The number of carbonyl (C=O) groups is 1. The van der Waals surface area contributed by atoms with Gasteiger partial charge < -0.3 is 14.2 Å². The van der Waals surface area contributed by atoms with Gasteiger partial charge in [0.2, 0.25) is 0 Å². The van der Waals surface area contributed by atoms with E-state index in [1.807, 2.05) is 48.5 Å². The van der Waals surface area contributed by atoms with Crippen molar-refractivity contribution in [2.75, 3.05) is 20.8 Å². The number of ether oxygens (including phenoxy) is 3. The van der Waals surface area contributed by atoms with Crippen molar-refractivity contribution in [3.63, 3.8) is 0 Å². The van der Waals surface area contributed by atoms with E-state index < -0.39 is 0 Å². The first-order valence-corrected chi connectivity index (χ1v) is 8.56. The maximum absolute atomic E-state index is 11.9. The minimum absolute atomic E-state index is 0.281. The van der Waals surface area contributed by atoms with Crippen molar-refractivity contribution in [1.29, 1.82) is 0 Å². The van der Waals surface area contributed by atoms with E-state index in [0.29, 0.717) is 26.1 Å². The zero-order valence-corrected chi connectivity index (χ0v) is 15.0. The molecule has 0 spiro atoms. The van der Waals surface area contributed by atoms with Crippen LogP contribution < -0.4 is 9.47 Å². The highest BCUT2D eigenvalue weighted by atomic mass is 16.5. The van der Waals surface area contributed by atoms with Crippen LogP contribution in [0.25, 0.3) is 0 Å². The molecule has 4 nitrogen and oxygen atoms in total. The first kappa shape index (κ1) is 19.0. The van der Waals surface area contributed by atoms with Gasteiger partial charge in [0.05, 0.1) is 20.8 Å². The van der Waals surface area contributed by atoms with Crippen LogP contribution in [0, 0.1) is 0 Å². The Bertz CT molecular complexity index is 632. The Morgan fingerprint density at radius 1 is 0.800 bits per heavy atom. The smallest absolute Gasteiger partial charge is 0.133 e. The van der Waals surface area contributed by atoms with E-state index >= 15 is 0 Å². The van der Waals surface area contributed by atoms with Crippen LogP contribution in [0.15, 0.2) is 48.5 Å². The van der Waals surface area contributed by atoms with Crippen LogP contribution in [0.1, 0.15) is 30.4 Å². The van der Waals surface area contributed by atoms with Gasteiger partial charge in [-0.1, -0.05) is 24.3 Å². The van der Waals surface area contributed by atoms with Gasteiger partial charge in [0.25, 0.3) is 0 Å². The zero-order chi connectivity index (χ0) is 17.9. The van der Waals surface area contributed by atoms with Gasteiger partial charge in [-0.05, 0) is 48.2 Å². The van der Waals surface area contributed by atoms with E-state index in [1.54, 1.807) is 14.2 Å². The third-order valence-electron chi connectivity index (χ3n) is 4.02. The van der Waals surface area contributed by atoms with Crippen molar-refractivity contribution in [3.8, 4) is 11.5 Å². The summed E-state index contributed by atoms with van der Waals surface area (Å²) in [4.78, 5) is 11.9. The number of hydrogen-bond donors (Lipinski definition) is 0. The summed E-state index contributed by atoms with van der Waals surface area (Å²) in [6.07, 6.45) is 2.68. The molecule has 0 fully saturated rings. The minimum Gasteiger partial charge on any atom is -0.497 e. The van der Waals surface area contributed by atoms with Gasteiger partial charge in [0.1, 0.15) is 17.3 Å². The molecule has 0 aliphatic carbocycles. The molecule has 0 aliphatic heterocycles. The molecule has 0 saturated heterocycles. The van der Waals surface area contributed by atoms with Crippen LogP contribution in [0.3, 0.4) is 0 Å². The molecular formula is C21H26O4. The summed E-state index contributed by atoms with van der Waals surface area (Å²) in [7, 11) is 3.30. The Morgan fingerprint density at radius 3 is 1.92 bits per heavy atom. The van der Waals surface area contributed by atoms with Crippen LogP contribution in [-0.2, 0) is 22.6 Å². The normalized spacial score (nSPS) is 10.5. The summed E-state index contributed by atoms with van der Waals surface area (Å²) in [5.41, 5.74) is 2.26. The van der Waals surface area contributed by atoms with Gasteiger partial charge in [0.15, 0.2) is 0 Å². The summed E-state index contributed by atoms with van der Waals surface area (Å²) >= 11 is 0. The number of Topliss-reactive ketones (excluding diaryl/α,β-unsaturated/α-hetero) is 1. The molecule has 2 aromatic rings. The first-order chi connectivity index (χ1) is 12.2. The highest BCUT2D eigenvalue weighted by Crippen LogP contribution is 2.14. The van der Waals surface area contributed by atoms with Gasteiger partial charge in [0, 0.05) is 19.4 Å². The second kappa shape index (κ2) is 10.5. The fraction of sp³-hybridized carbons (Fsp3) is 0.381. The lowest BCUT2D eigenvalue weighted by Crippen LogP contribution is -2.03. The quantitative estimate of drug-likeness (QED) is 0.574. The van der Waals surface area contributed by atoms with Crippen LogP contribution in [0.4, 0.5) is 0 Å². The van der Waals surface area contributed by atoms with Crippen molar-refractivity contribution >= 4 is 5.78 Å². The molecule has 0 heterocycles. The van der Waals surface area contributed by atoms with Crippen molar-refractivity contribution in [1.82, 2.24) is 0 Å². The van der Waals surface area contributed by atoms with E-state index in [-0.39, 0.29) is 5.78 Å². The van der Waals surface area contributed by atoms with Crippen LogP contribution in [0.5, 0.6) is 11.5 Å². The zero-order valence-electron chi connectivity index (χ0n) is 15.0. The third-order valence-corrected chi connectivity index (χ3v) is 4.02. The largest absolute Gasteiger partial charge is 0.497 e. The lowest BCUT2D eigenvalue weighted by Gasteiger charge is -2.06. The molecule has 25 heavy (non-hydrogen) atoms. The molecule has 0 saturated carbocycles. The fourth-order valence-corrected chi connectivity index (χ4v) is 2.48. The molecule has 0 N–H and O–H groups in total. The first-order valence-electron chi connectivity index (χ1n) is 8.56. The number of rotatable bonds is 11. The molecule has 0 aliphatic rings. The molecule has 2 aromatic carbocycles. The molecule has 134 valence electrons. The maximum atomic E-state index is 11.9. The number of aryl methyl sites for hydroxylation is 1. The van der Waals surface area contributed by atoms with Gasteiger partial charge in [-0.2, -0.15) is 0 Å². The Labute approximate surface area is 149 Å². The lowest BCUT2D eigenvalue weighted by molar-refractivity contribution is -0.119. The topological polar surface area (TPSA) is 44.8 Å². The molecule has 0 aromatic heterocycles. The maximum Gasteiger partial charge on any atom is 0.133 e. The second-order valence-electron chi connectivity index (χ2n) is 5.89. The Morgan fingerprint density at radius 2 is 1.36 bits per heavy atom. The molecule has 0 atom stereocenters. The van der Waals surface area contributed by atoms with Crippen molar-refractivity contribution in [2.45, 2.75) is 32.3 Å². The Hall–Kier alpha value is -2.33. The van der Waals surface area contributed by atoms with Crippen molar-refractivity contribution < 1.29 is 19.0 Å².